The number of aryl methyl sites for hydroxylation is 2. The minimum absolute atomic E-state index is 0.0172. The van der Waals surface area contributed by atoms with Gasteiger partial charge in [-0.2, -0.15) is 5.10 Å². The molecule has 152 valence electrons. The van der Waals surface area contributed by atoms with E-state index in [1.807, 2.05) is 36.9 Å². The molecule has 0 spiro atoms. The third-order valence-corrected chi connectivity index (χ3v) is 7.70. The van der Waals surface area contributed by atoms with Crippen molar-refractivity contribution in [1.29, 1.82) is 0 Å². The highest BCUT2D eigenvalue weighted by atomic mass is 35.5. The Bertz CT molecular complexity index is 1110. The molecule has 0 atom stereocenters. The predicted octanol–water partition coefficient (Wildman–Crippen LogP) is 5.04. The quantitative estimate of drug-likeness (QED) is 0.495. The molecule has 1 fully saturated rings. The van der Waals surface area contributed by atoms with Crippen LogP contribution in [0.15, 0.2) is 11.4 Å². The van der Waals surface area contributed by atoms with Gasteiger partial charge in [-0.05, 0) is 50.6 Å². The van der Waals surface area contributed by atoms with E-state index in [9.17, 15) is 9.59 Å². The van der Waals surface area contributed by atoms with E-state index in [-0.39, 0.29) is 17.7 Å². The number of halogens is 1. The number of aromatic nitrogens is 3. The van der Waals surface area contributed by atoms with Gasteiger partial charge in [-0.15, -0.1) is 11.3 Å². The summed E-state index contributed by atoms with van der Waals surface area (Å²) >= 11 is 8.96. The average molecular weight is 449 g/mol. The van der Waals surface area contributed by atoms with Crippen LogP contribution in [-0.4, -0.2) is 32.5 Å². The number of thiazole rings is 1. The summed E-state index contributed by atoms with van der Waals surface area (Å²) in [6.07, 6.45) is 1.92. The van der Waals surface area contributed by atoms with Gasteiger partial charge >= 0.3 is 0 Å². The number of carbonyl (C=O) groups is 2. The molecule has 0 bridgehead atoms. The smallest absolute Gasteiger partial charge is 0.270 e. The van der Waals surface area contributed by atoms with Gasteiger partial charge in [0.15, 0.2) is 10.9 Å². The van der Waals surface area contributed by atoms with Crippen molar-refractivity contribution in [2.75, 3.05) is 4.90 Å². The van der Waals surface area contributed by atoms with E-state index in [0.29, 0.717) is 32.1 Å². The number of carbonyl (C=O) groups excluding carboxylic acids is 2. The van der Waals surface area contributed by atoms with Crippen molar-refractivity contribution in [2.45, 2.75) is 53.1 Å². The lowest BCUT2D eigenvalue weighted by Gasteiger charge is -2.18. The highest BCUT2D eigenvalue weighted by molar-refractivity contribution is 7.18. The van der Waals surface area contributed by atoms with Gasteiger partial charge in [-0.3, -0.25) is 19.2 Å². The molecule has 6 nitrogen and oxygen atoms in total. The molecule has 0 N–H and O–H groups in total. The fraction of sp³-hybridized carbons (Fsp3) is 0.400. The van der Waals surface area contributed by atoms with E-state index < -0.39 is 0 Å². The van der Waals surface area contributed by atoms with Gasteiger partial charge in [0.05, 0.1) is 38.4 Å². The first-order valence-electron chi connectivity index (χ1n) is 9.35. The normalized spacial score (nSPS) is 13.7. The number of amides is 1. The van der Waals surface area contributed by atoms with Crippen LogP contribution in [0.25, 0.3) is 0 Å². The minimum atomic E-state index is -0.0565. The molecule has 3 heterocycles. The van der Waals surface area contributed by atoms with Gasteiger partial charge in [0.2, 0.25) is 0 Å². The van der Waals surface area contributed by atoms with Gasteiger partial charge in [0.25, 0.3) is 5.91 Å². The molecule has 9 heteroatoms. The summed E-state index contributed by atoms with van der Waals surface area (Å²) < 4.78 is 1.86. The molecular formula is C20H21ClN4O2S2. The van der Waals surface area contributed by atoms with Crippen molar-refractivity contribution in [1.82, 2.24) is 14.8 Å². The summed E-state index contributed by atoms with van der Waals surface area (Å²) in [6, 6.07) is 2.08. The summed E-state index contributed by atoms with van der Waals surface area (Å²) in [6.45, 7) is 7.73. The first-order chi connectivity index (χ1) is 13.8. The Balaban J connectivity index is 1.59. The van der Waals surface area contributed by atoms with Crippen LogP contribution in [0.1, 0.15) is 61.8 Å². The average Bonchev–Trinajstić information content (AvgIpc) is 3.17. The van der Waals surface area contributed by atoms with Crippen LogP contribution >= 0.6 is 34.3 Å². The van der Waals surface area contributed by atoms with E-state index in [1.54, 1.807) is 4.90 Å². The van der Waals surface area contributed by atoms with E-state index in [2.05, 4.69) is 10.1 Å². The van der Waals surface area contributed by atoms with Crippen LogP contribution in [-0.2, 0) is 6.54 Å². The first kappa shape index (κ1) is 20.3. The van der Waals surface area contributed by atoms with Crippen LogP contribution < -0.4 is 4.90 Å². The fourth-order valence-electron chi connectivity index (χ4n) is 3.24. The van der Waals surface area contributed by atoms with E-state index >= 15 is 0 Å². The van der Waals surface area contributed by atoms with Gasteiger partial charge in [0, 0.05) is 13.0 Å². The van der Waals surface area contributed by atoms with Gasteiger partial charge in [0.1, 0.15) is 0 Å². The first-order valence-corrected chi connectivity index (χ1v) is 11.4. The Morgan fingerprint density at radius 3 is 2.55 bits per heavy atom. The zero-order valence-electron chi connectivity index (χ0n) is 16.7. The molecular weight excluding hydrogens is 428 g/mol. The summed E-state index contributed by atoms with van der Waals surface area (Å²) in [4.78, 5) is 32.7. The van der Waals surface area contributed by atoms with Crippen molar-refractivity contribution >= 4 is 51.1 Å². The molecule has 0 aliphatic heterocycles. The number of Topliss-reactive ketones (excluding diaryl/α,β-unsaturated/α-hetero) is 1. The highest BCUT2D eigenvalue weighted by Crippen LogP contribution is 2.37. The molecule has 0 radical (unpaired) electrons. The third-order valence-electron chi connectivity index (χ3n) is 4.93. The van der Waals surface area contributed by atoms with Crippen LogP contribution in [0.3, 0.4) is 0 Å². The van der Waals surface area contributed by atoms with Crippen molar-refractivity contribution < 1.29 is 9.59 Å². The number of rotatable bonds is 6. The Kier molecular flexibility index (Phi) is 5.35. The number of nitrogens with zero attached hydrogens (tertiary/aromatic N) is 4. The molecule has 1 aliphatic rings. The molecule has 1 amide bonds. The molecule has 3 aromatic rings. The van der Waals surface area contributed by atoms with E-state index in [0.717, 1.165) is 29.8 Å². The molecule has 0 aromatic carbocycles. The van der Waals surface area contributed by atoms with Crippen LogP contribution in [0.2, 0.25) is 5.02 Å². The Morgan fingerprint density at radius 1 is 1.28 bits per heavy atom. The predicted molar refractivity (Wildman–Crippen MR) is 117 cm³/mol. The second-order valence-electron chi connectivity index (χ2n) is 7.34. The zero-order chi connectivity index (χ0) is 20.9. The maximum atomic E-state index is 13.3. The standard InChI is InChI=1S/C20H21ClN4O2S2/c1-10-17(21)12(3)24(23-10)8-14-7-16(28-9-14)19(27)25(15-5-6-15)20-22-11(2)18(29-20)13(4)26/h7,9,15H,5-6,8H2,1-4H3. The maximum Gasteiger partial charge on any atom is 0.270 e. The zero-order valence-corrected chi connectivity index (χ0v) is 19.0. The lowest BCUT2D eigenvalue weighted by atomic mass is 10.3. The van der Waals surface area contributed by atoms with E-state index in [4.69, 9.17) is 11.6 Å². The second-order valence-corrected chi connectivity index (χ2v) is 9.60. The number of hydrogen-bond donors (Lipinski definition) is 0. The van der Waals surface area contributed by atoms with Crippen LogP contribution in [0, 0.1) is 20.8 Å². The highest BCUT2D eigenvalue weighted by Gasteiger charge is 2.37. The monoisotopic (exact) mass is 448 g/mol. The third kappa shape index (κ3) is 3.89. The second kappa shape index (κ2) is 7.66. The molecule has 1 saturated carbocycles. The lowest BCUT2D eigenvalue weighted by molar-refractivity contribution is 0.0986. The van der Waals surface area contributed by atoms with Crippen molar-refractivity contribution in [3.63, 3.8) is 0 Å². The molecule has 3 aromatic heterocycles. The Morgan fingerprint density at radius 2 is 2.00 bits per heavy atom. The SMILES string of the molecule is CC(=O)c1sc(N(C(=O)c2cc(Cn3nc(C)c(Cl)c3C)cs2)C2CC2)nc1C. The number of anilines is 1. The van der Waals surface area contributed by atoms with Gasteiger partial charge in [-0.1, -0.05) is 22.9 Å². The summed E-state index contributed by atoms with van der Waals surface area (Å²) in [5.74, 6) is -0.0737. The number of hydrogen-bond acceptors (Lipinski definition) is 6. The summed E-state index contributed by atoms with van der Waals surface area (Å²) in [5.41, 5.74) is 3.41. The van der Waals surface area contributed by atoms with Gasteiger partial charge < -0.3 is 0 Å². The van der Waals surface area contributed by atoms with Crippen molar-refractivity contribution in [3.8, 4) is 0 Å². The summed E-state index contributed by atoms with van der Waals surface area (Å²) in [7, 11) is 0. The van der Waals surface area contributed by atoms with E-state index in [1.165, 1.54) is 29.6 Å². The Hall–Kier alpha value is -2.03. The fourth-order valence-corrected chi connectivity index (χ4v) is 5.25. The van der Waals surface area contributed by atoms with Crippen molar-refractivity contribution in [3.05, 3.63) is 48.9 Å². The molecule has 1 aliphatic carbocycles. The molecule has 29 heavy (non-hydrogen) atoms. The van der Waals surface area contributed by atoms with Crippen LogP contribution in [0.5, 0.6) is 0 Å². The molecule has 0 unspecified atom stereocenters. The number of ketones is 1. The molecule has 4 rings (SSSR count). The molecule has 0 saturated heterocycles. The lowest BCUT2D eigenvalue weighted by Crippen LogP contribution is -2.32. The Labute approximate surface area is 182 Å². The van der Waals surface area contributed by atoms with Crippen LogP contribution in [0.4, 0.5) is 5.13 Å². The summed E-state index contributed by atoms with van der Waals surface area (Å²) in [5, 5.41) is 7.73. The minimum Gasteiger partial charge on any atom is -0.294 e. The number of thiophene rings is 1. The maximum absolute atomic E-state index is 13.3. The van der Waals surface area contributed by atoms with Crippen molar-refractivity contribution in [2.24, 2.45) is 0 Å². The van der Waals surface area contributed by atoms with Gasteiger partial charge in [-0.25, -0.2) is 4.98 Å². The largest absolute Gasteiger partial charge is 0.294 e. The topological polar surface area (TPSA) is 68.1 Å².